The highest BCUT2D eigenvalue weighted by molar-refractivity contribution is 5.26. The second-order valence-corrected chi connectivity index (χ2v) is 6.41. The Morgan fingerprint density at radius 3 is 2.41 bits per heavy atom. The minimum absolute atomic E-state index is 0.225. The summed E-state index contributed by atoms with van der Waals surface area (Å²) in [5.74, 6) is 0.771. The smallest absolute Gasteiger partial charge is 0.184 e. The molecule has 0 unspecified atom stereocenters. The lowest BCUT2D eigenvalue weighted by Crippen LogP contribution is -2.34. The van der Waals surface area contributed by atoms with Gasteiger partial charge >= 0.3 is 0 Å². The summed E-state index contributed by atoms with van der Waals surface area (Å²) >= 11 is 0. The maximum absolute atomic E-state index is 9.34. The van der Waals surface area contributed by atoms with Crippen LogP contribution in [0.3, 0.4) is 0 Å². The third kappa shape index (κ3) is 5.29. The quantitative estimate of drug-likeness (QED) is 0.671. The maximum Gasteiger partial charge on any atom is 0.184 e. The van der Waals surface area contributed by atoms with E-state index in [0.717, 1.165) is 12.2 Å². The van der Waals surface area contributed by atoms with Crippen molar-refractivity contribution in [2.24, 2.45) is 5.92 Å². The van der Waals surface area contributed by atoms with Gasteiger partial charge in [-0.05, 0) is 25.5 Å². The normalized spacial score (nSPS) is 25.3. The van der Waals surface area contributed by atoms with Crippen molar-refractivity contribution < 1.29 is 14.6 Å². The fraction of sp³-hybridized carbons (Fsp3) is 0.684. The highest BCUT2D eigenvalue weighted by Crippen LogP contribution is 2.32. The molecule has 0 aliphatic carbocycles. The maximum atomic E-state index is 9.34. The van der Waals surface area contributed by atoms with E-state index >= 15 is 0 Å². The molecule has 1 saturated heterocycles. The zero-order chi connectivity index (χ0) is 15.8. The molecule has 0 radical (unpaired) electrons. The highest BCUT2D eigenvalue weighted by Gasteiger charge is 2.29. The molecule has 1 heterocycles. The van der Waals surface area contributed by atoms with Gasteiger partial charge in [-0.2, -0.15) is 0 Å². The third-order valence-corrected chi connectivity index (χ3v) is 4.56. The second kappa shape index (κ2) is 9.16. The number of benzene rings is 1. The fourth-order valence-electron chi connectivity index (χ4n) is 3.00. The van der Waals surface area contributed by atoms with E-state index in [-0.39, 0.29) is 18.1 Å². The molecular weight excluding hydrogens is 276 g/mol. The summed E-state index contributed by atoms with van der Waals surface area (Å²) in [7, 11) is 0. The van der Waals surface area contributed by atoms with E-state index in [2.05, 4.69) is 13.8 Å². The topological polar surface area (TPSA) is 38.7 Å². The Balaban J connectivity index is 1.70. The Bertz CT molecular complexity index is 415. The Morgan fingerprint density at radius 2 is 1.73 bits per heavy atom. The van der Waals surface area contributed by atoms with Crippen LogP contribution in [0.25, 0.3) is 0 Å². The van der Waals surface area contributed by atoms with E-state index < -0.39 is 0 Å². The molecule has 0 spiro atoms. The van der Waals surface area contributed by atoms with Crippen molar-refractivity contribution in [3.63, 3.8) is 0 Å². The summed E-state index contributed by atoms with van der Waals surface area (Å²) in [6.07, 6.45) is 9.11. The van der Waals surface area contributed by atoms with Crippen LogP contribution in [-0.2, 0) is 9.47 Å². The van der Waals surface area contributed by atoms with Gasteiger partial charge in [-0.25, -0.2) is 0 Å². The van der Waals surface area contributed by atoms with Crippen LogP contribution in [0.2, 0.25) is 0 Å². The highest BCUT2D eigenvalue weighted by atomic mass is 16.7. The van der Waals surface area contributed by atoms with Crippen molar-refractivity contribution in [3.8, 4) is 5.75 Å². The average molecular weight is 306 g/mol. The van der Waals surface area contributed by atoms with Gasteiger partial charge in [-0.15, -0.1) is 0 Å². The molecular formula is C19H30O3. The van der Waals surface area contributed by atoms with Crippen LogP contribution in [0.4, 0.5) is 0 Å². The predicted octanol–water partition coefficient (Wildman–Crippen LogP) is 5.19. The Labute approximate surface area is 134 Å². The lowest BCUT2D eigenvalue weighted by atomic mass is 9.95. The van der Waals surface area contributed by atoms with Gasteiger partial charge in [0.1, 0.15) is 5.75 Å². The van der Waals surface area contributed by atoms with Crippen LogP contribution in [0, 0.1) is 5.92 Å². The van der Waals surface area contributed by atoms with E-state index in [0.29, 0.717) is 5.92 Å². The van der Waals surface area contributed by atoms with Gasteiger partial charge in [0.05, 0.1) is 12.7 Å². The van der Waals surface area contributed by atoms with Crippen LogP contribution in [0.1, 0.15) is 70.6 Å². The molecule has 0 aromatic heterocycles. The summed E-state index contributed by atoms with van der Waals surface area (Å²) in [6, 6.07) is 7.08. The van der Waals surface area contributed by atoms with Crippen molar-refractivity contribution in [1.29, 1.82) is 0 Å². The van der Waals surface area contributed by atoms with E-state index in [9.17, 15) is 5.11 Å². The minimum atomic E-state index is -0.295. The number of phenols is 1. The number of phenolic OH excluding ortho intramolecular Hbond substituents is 1. The first-order valence-electron chi connectivity index (χ1n) is 8.76. The molecule has 0 saturated carbocycles. The zero-order valence-electron chi connectivity index (χ0n) is 14.0. The second-order valence-electron chi connectivity index (χ2n) is 6.41. The first-order chi connectivity index (χ1) is 10.7. The summed E-state index contributed by atoms with van der Waals surface area (Å²) in [4.78, 5) is 0. The van der Waals surface area contributed by atoms with Crippen molar-refractivity contribution >= 4 is 0 Å². The minimum Gasteiger partial charge on any atom is -0.508 e. The number of aromatic hydroxyl groups is 1. The lowest BCUT2D eigenvalue weighted by molar-refractivity contribution is -0.237. The number of hydrogen-bond acceptors (Lipinski definition) is 3. The molecule has 0 amide bonds. The number of ether oxygens (including phenoxy) is 2. The summed E-state index contributed by atoms with van der Waals surface area (Å²) in [5.41, 5.74) is 0.975. The predicted molar refractivity (Wildman–Crippen MR) is 88.8 cm³/mol. The van der Waals surface area contributed by atoms with Crippen molar-refractivity contribution in [2.45, 2.75) is 71.2 Å². The SMILES string of the molecule is CCCCCCCC[C@H]1CO[C@H](c2ccc(O)cc2)O[C@@H]1C. The van der Waals surface area contributed by atoms with Crippen LogP contribution in [-0.4, -0.2) is 17.8 Å². The van der Waals surface area contributed by atoms with Crippen molar-refractivity contribution in [1.82, 2.24) is 0 Å². The van der Waals surface area contributed by atoms with Gasteiger partial charge in [0.25, 0.3) is 0 Å². The van der Waals surface area contributed by atoms with E-state index in [1.165, 1.54) is 44.9 Å². The summed E-state index contributed by atoms with van der Waals surface area (Å²) in [5, 5.41) is 9.34. The summed E-state index contributed by atoms with van der Waals surface area (Å²) < 4.78 is 11.9. The summed E-state index contributed by atoms with van der Waals surface area (Å²) in [6.45, 7) is 5.17. The van der Waals surface area contributed by atoms with Crippen LogP contribution >= 0.6 is 0 Å². The fourth-order valence-corrected chi connectivity index (χ4v) is 3.00. The molecule has 1 aromatic carbocycles. The molecule has 1 aliphatic heterocycles. The number of hydrogen-bond donors (Lipinski definition) is 1. The van der Waals surface area contributed by atoms with E-state index in [4.69, 9.17) is 9.47 Å². The van der Waals surface area contributed by atoms with Gasteiger partial charge < -0.3 is 14.6 Å². The van der Waals surface area contributed by atoms with Gasteiger partial charge in [0.15, 0.2) is 6.29 Å². The molecule has 1 aliphatic rings. The van der Waals surface area contributed by atoms with Crippen LogP contribution < -0.4 is 0 Å². The molecule has 1 aromatic rings. The van der Waals surface area contributed by atoms with Crippen molar-refractivity contribution in [3.05, 3.63) is 29.8 Å². The molecule has 3 heteroatoms. The molecule has 3 atom stereocenters. The van der Waals surface area contributed by atoms with Gasteiger partial charge in [0, 0.05) is 11.5 Å². The Morgan fingerprint density at radius 1 is 1.05 bits per heavy atom. The first kappa shape index (κ1) is 17.3. The van der Waals surface area contributed by atoms with Gasteiger partial charge in [-0.1, -0.05) is 57.6 Å². The zero-order valence-corrected chi connectivity index (χ0v) is 14.0. The lowest BCUT2D eigenvalue weighted by Gasteiger charge is -2.35. The first-order valence-corrected chi connectivity index (χ1v) is 8.76. The van der Waals surface area contributed by atoms with E-state index in [1.54, 1.807) is 12.1 Å². The molecule has 3 nitrogen and oxygen atoms in total. The molecule has 1 fully saturated rings. The third-order valence-electron chi connectivity index (χ3n) is 4.56. The molecule has 124 valence electrons. The average Bonchev–Trinajstić information content (AvgIpc) is 2.53. The Kier molecular flexibility index (Phi) is 7.20. The largest absolute Gasteiger partial charge is 0.508 e. The number of unbranched alkanes of at least 4 members (excludes halogenated alkanes) is 5. The molecule has 1 N–H and O–H groups in total. The van der Waals surface area contributed by atoms with Crippen LogP contribution in [0.15, 0.2) is 24.3 Å². The van der Waals surface area contributed by atoms with Crippen LogP contribution in [0.5, 0.6) is 5.75 Å². The van der Waals surface area contributed by atoms with Crippen molar-refractivity contribution in [2.75, 3.05) is 6.61 Å². The van der Waals surface area contributed by atoms with E-state index in [1.807, 2.05) is 12.1 Å². The monoisotopic (exact) mass is 306 g/mol. The standard InChI is InChI=1S/C19H30O3/c1-3-4-5-6-7-8-9-17-14-21-19(22-15(17)2)16-10-12-18(20)13-11-16/h10-13,15,17,19-20H,3-9,14H2,1-2H3/t15-,17+,19+/m1/s1. The Hall–Kier alpha value is -1.06. The molecule has 0 bridgehead atoms. The number of rotatable bonds is 8. The molecule has 2 rings (SSSR count). The van der Waals surface area contributed by atoms with Gasteiger partial charge in [0.2, 0.25) is 0 Å². The van der Waals surface area contributed by atoms with Gasteiger partial charge in [-0.3, -0.25) is 0 Å². The molecule has 22 heavy (non-hydrogen) atoms.